The van der Waals surface area contributed by atoms with Crippen LogP contribution in [0.5, 0.6) is 11.5 Å². The number of nitrogens with zero attached hydrogens (tertiary/aromatic N) is 6. The third-order valence-corrected chi connectivity index (χ3v) is 6.39. The maximum atomic E-state index is 15.3. The predicted molar refractivity (Wildman–Crippen MR) is 137 cm³/mol. The molecule has 38 heavy (non-hydrogen) atoms. The number of ether oxygens (including phenoxy) is 3. The van der Waals surface area contributed by atoms with Gasteiger partial charge in [0.15, 0.2) is 17.2 Å². The second-order valence-corrected chi connectivity index (χ2v) is 10.5. The van der Waals surface area contributed by atoms with Crippen molar-refractivity contribution in [3.05, 3.63) is 47.0 Å². The van der Waals surface area contributed by atoms with Gasteiger partial charge in [-0.1, -0.05) is 0 Å². The largest absolute Gasteiger partial charge is 0.493 e. The van der Waals surface area contributed by atoms with E-state index >= 15 is 4.39 Å². The van der Waals surface area contributed by atoms with Crippen LogP contribution in [0.1, 0.15) is 55.1 Å². The van der Waals surface area contributed by atoms with Crippen molar-refractivity contribution in [3.8, 4) is 11.5 Å². The van der Waals surface area contributed by atoms with Crippen LogP contribution in [0, 0.1) is 5.82 Å². The van der Waals surface area contributed by atoms with Crippen molar-refractivity contribution in [2.75, 3.05) is 32.2 Å². The maximum absolute atomic E-state index is 15.3. The number of anilines is 1. The number of carbonyl (C=O) groups is 2. The minimum atomic E-state index is -0.833. The van der Waals surface area contributed by atoms with E-state index in [0.717, 1.165) is 0 Å². The van der Waals surface area contributed by atoms with E-state index in [1.54, 1.807) is 52.8 Å². The third-order valence-electron chi connectivity index (χ3n) is 6.39. The predicted octanol–water partition coefficient (Wildman–Crippen LogP) is 3.80. The minimum Gasteiger partial charge on any atom is -0.493 e. The molecule has 4 heterocycles. The zero-order valence-electron chi connectivity index (χ0n) is 22.1. The van der Waals surface area contributed by atoms with E-state index < -0.39 is 23.4 Å². The van der Waals surface area contributed by atoms with Crippen LogP contribution in [0.15, 0.2) is 29.5 Å². The first-order valence-corrected chi connectivity index (χ1v) is 12.2. The van der Waals surface area contributed by atoms with Crippen LogP contribution >= 0.6 is 0 Å². The van der Waals surface area contributed by atoms with Crippen LogP contribution in [-0.2, 0) is 11.3 Å². The van der Waals surface area contributed by atoms with Gasteiger partial charge in [0, 0.05) is 31.3 Å². The standard InChI is InChI=1S/C26H29FN6O5/c1-14(31(5)6)29-23(34)16-9-20-24(33-13-28-30-22(16)33)32(25(35)38-26(2,3)4)10-17-18(27)7-8-19-21(17)15(11-36-19)12-37-20/h7-9,13,15H,10-12H2,1-6H3/b29-14-/t15-/m1/s1. The number of hydrogen-bond donors (Lipinski definition) is 0. The molecule has 2 aromatic heterocycles. The smallest absolute Gasteiger partial charge is 0.416 e. The van der Waals surface area contributed by atoms with Gasteiger partial charge in [0.05, 0.1) is 31.2 Å². The summed E-state index contributed by atoms with van der Waals surface area (Å²) in [5, 5.41) is 8.12. The lowest BCUT2D eigenvalue weighted by Gasteiger charge is -2.29. The molecule has 12 heteroatoms. The fourth-order valence-corrected chi connectivity index (χ4v) is 4.43. The van der Waals surface area contributed by atoms with Gasteiger partial charge in [0.25, 0.3) is 5.91 Å². The fraction of sp³-hybridized carbons (Fsp3) is 0.423. The molecule has 200 valence electrons. The number of aromatic nitrogens is 3. The molecule has 0 aliphatic carbocycles. The molecule has 1 atom stereocenters. The Labute approximate surface area is 218 Å². The van der Waals surface area contributed by atoms with Gasteiger partial charge < -0.3 is 19.1 Å². The number of carbonyl (C=O) groups excluding carboxylic acids is 2. The van der Waals surface area contributed by atoms with Crippen molar-refractivity contribution < 1.29 is 28.2 Å². The Morgan fingerprint density at radius 2 is 1.89 bits per heavy atom. The lowest BCUT2D eigenvalue weighted by molar-refractivity contribution is 0.0574. The van der Waals surface area contributed by atoms with E-state index in [-0.39, 0.29) is 41.8 Å². The quantitative estimate of drug-likeness (QED) is 0.349. The molecular formula is C26H29FN6O5. The van der Waals surface area contributed by atoms with Crippen molar-refractivity contribution in [3.63, 3.8) is 0 Å². The molecular weight excluding hydrogens is 495 g/mol. The molecule has 0 saturated heterocycles. The normalized spacial score (nSPS) is 17.0. The van der Waals surface area contributed by atoms with Gasteiger partial charge >= 0.3 is 6.09 Å². The third kappa shape index (κ3) is 4.50. The first-order valence-electron chi connectivity index (χ1n) is 12.2. The number of amides is 2. The summed E-state index contributed by atoms with van der Waals surface area (Å²) < 4.78 is 34.5. The summed E-state index contributed by atoms with van der Waals surface area (Å²) in [4.78, 5) is 34.0. The van der Waals surface area contributed by atoms with Crippen LogP contribution in [0.4, 0.5) is 15.0 Å². The van der Waals surface area contributed by atoms with Gasteiger partial charge in [0.2, 0.25) is 0 Å². The average Bonchev–Trinajstić information content (AvgIpc) is 3.48. The Morgan fingerprint density at radius 1 is 1.18 bits per heavy atom. The second kappa shape index (κ2) is 9.26. The number of amidine groups is 1. The molecule has 2 aliphatic rings. The summed E-state index contributed by atoms with van der Waals surface area (Å²) in [5.41, 5.74) is 0.425. The Hall–Kier alpha value is -4.22. The summed E-state index contributed by atoms with van der Waals surface area (Å²) in [6, 6.07) is 4.40. The van der Waals surface area contributed by atoms with Crippen molar-refractivity contribution in [1.82, 2.24) is 19.5 Å². The van der Waals surface area contributed by atoms with Crippen LogP contribution in [0.2, 0.25) is 0 Å². The monoisotopic (exact) mass is 524 g/mol. The second-order valence-electron chi connectivity index (χ2n) is 10.5. The summed E-state index contributed by atoms with van der Waals surface area (Å²) in [5.74, 6) is 0.138. The van der Waals surface area contributed by atoms with Crippen LogP contribution < -0.4 is 14.4 Å². The van der Waals surface area contributed by atoms with Crippen molar-refractivity contribution in [1.29, 1.82) is 0 Å². The highest BCUT2D eigenvalue weighted by atomic mass is 19.1. The summed E-state index contributed by atoms with van der Waals surface area (Å²) in [6.45, 7) is 7.18. The molecule has 0 saturated carbocycles. The lowest BCUT2D eigenvalue weighted by atomic mass is 9.95. The highest BCUT2D eigenvalue weighted by Gasteiger charge is 2.37. The molecule has 0 spiro atoms. The first kappa shape index (κ1) is 25.4. The van der Waals surface area contributed by atoms with E-state index in [4.69, 9.17) is 14.2 Å². The number of halogens is 1. The van der Waals surface area contributed by atoms with Crippen LogP contribution in [0.25, 0.3) is 5.65 Å². The van der Waals surface area contributed by atoms with E-state index in [1.165, 1.54) is 27.8 Å². The fourth-order valence-electron chi connectivity index (χ4n) is 4.43. The lowest BCUT2D eigenvalue weighted by Crippen LogP contribution is -2.38. The maximum Gasteiger partial charge on any atom is 0.416 e. The Bertz CT molecular complexity index is 1480. The van der Waals surface area contributed by atoms with Crippen LogP contribution in [0.3, 0.4) is 0 Å². The molecule has 5 rings (SSSR count). The highest BCUT2D eigenvalue weighted by molar-refractivity contribution is 6.07. The van der Waals surface area contributed by atoms with E-state index in [1.807, 2.05) is 0 Å². The average molecular weight is 525 g/mol. The minimum absolute atomic E-state index is 0.125. The Morgan fingerprint density at radius 3 is 2.58 bits per heavy atom. The SMILES string of the molecule is C/C(=N/C(=O)c1cc2c(n3cnnc13)N(C(=O)OC(C)(C)C)Cc1c(F)ccc3c1[C@H](CO3)CO2)N(C)C. The number of rotatable bonds is 1. The van der Waals surface area contributed by atoms with Crippen LogP contribution in [-0.4, -0.2) is 70.2 Å². The van der Waals surface area contributed by atoms with E-state index in [2.05, 4.69) is 15.2 Å². The number of aliphatic imine (C=N–C) groups is 1. The van der Waals surface area contributed by atoms with Gasteiger partial charge in [-0.15, -0.1) is 10.2 Å². The molecule has 2 amide bonds. The first-order chi connectivity index (χ1) is 17.9. The molecule has 0 radical (unpaired) electrons. The Kier molecular flexibility index (Phi) is 6.20. The molecule has 0 fully saturated rings. The Balaban J connectivity index is 1.73. The van der Waals surface area contributed by atoms with Gasteiger partial charge in [0.1, 0.15) is 29.3 Å². The van der Waals surface area contributed by atoms with Gasteiger partial charge in [-0.25, -0.2) is 9.18 Å². The molecule has 0 unspecified atom stereocenters. The van der Waals surface area contributed by atoms with E-state index in [9.17, 15) is 9.59 Å². The molecule has 11 nitrogen and oxygen atoms in total. The molecule has 1 aromatic carbocycles. The summed E-state index contributed by atoms with van der Waals surface area (Å²) in [7, 11) is 3.55. The van der Waals surface area contributed by atoms with Crippen molar-refractivity contribution >= 4 is 29.3 Å². The number of hydrogen-bond acceptors (Lipinski definition) is 7. The van der Waals surface area contributed by atoms with Crippen molar-refractivity contribution in [2.24, 2.45) is 4.99 Å². The van der Waals surface area contributed by atoms with Gasteiger partial charge in [-0.3, -0.25) is 14.1 Å². The summed E-state index contributed by atoms with van der Waals surface area (Å²) >= 11 is 0. The molecule has 3 aromatic rings. The number of fused-ring (bicyclic) bond motifs is 3. The molecule has 2 aliphatic heterocycles. The summed E-state index contributed by atoms with van der Waals surface area (Å²) in [6.07, 6.45) is 0.638. The van der Waals surface area contributed by atoms with Gasteiger partial charge in [-0.2, -0.15) is 4.99 Å². The van der Waals surface area contributed by atoms with E-state index in [0.29, 0.717) is 29.3 Å². The highest BCUT2D eigenvalue weighted by Crippen LogP contribution is 2.43. The number of pyridine rings is 1. The number of benzene rings is 1. The zero-order valence-corrected chi connectivity index (χ0v) is 22.1. The topological polar surface area (TPSA) is 111 Å². The molecule has 0 N–H and O–H groups in total. The zero-order chi connectivity index (χ0) is 27.4. The molecule has 0 bridgehead atoms. The van der Waals surface area contributed by atoms with Gasteiger partial charge in [-0.05, 0) is 39.8 Å². The van der Waals surface area contributed by atoms with Crippen molar-refractivity contribution in [2.45, 2.75) is 45.8 Å².